The summed E-state index contributed by atoms with van der Waals surface area (Å²) in [6, 6.07) is 51.1. The van der Waals surface area contributed by atoms with Crippen LogP contribution in [-0.4, -0.2) is 177 Å². The standard InChI is InChI=1S/C34H41ClN6O4.C28H29N7O5.C27H29N7O5/c1-31(2,3)25-16-26(38-30(45)37-23-12-10-22(35)11-13-23)41(39-25)24-14-8-21(9-15-24)17-36-27(42)32(4)18-33(5)20-34(6,19-32)29(44)40(7)28(33)43;1-27(2,3)21-15-23(31-26(38)30-22-14-11-18-7-5-6-8-20(18)29-22)35(32-21)19-12-9-17(10-13-19)16-34-25(37)28(39,40)24(36)33(34)4;1-26(2,3)21-14-22(30-25(37)29-18-7-10-20-17(13-18)11-12-28-20)34(31-21)19-8-5-16(6-9-19)15-33-24(36)27(38,39)23(35)32(33)4/h8-16H,17-20H2,1-7H3,(H,36,42)(H2,37,38,45);5-15,39-40H,16H2,1-4H3,(H2,29,30,31,38);5-14,28,38-39H,15H2,1-4H3,(H2,29,30,37). The number of halogens is 1. The van der Waals surface area contributed by atoms with Crippen LogP contribution in [0.2, 0.25) is 5.02 Å². The van der Waals surface area contributed by atoms with E-state index in [1.807, 2.05) is 180 Å². The average Bonchev–Trinajstić information content (AvgIpc) is 1.14. The quantitative estimate of drug-likeness (QED) is 0.0243. The molecule has 1 saturated carbocycles. The maximum Gasteiger partial charge on any atom is 0.330 e. The minimum Gasteiger partial charge on any atom is -0.361 e. The molecule has 1 aliphatic carbocycles. The highest BCUT2D eigenvalue weighted by atomic mass is 35.5. The van der Waals surface area contributed by atoms with Gasteiger partial charge in [-0.2, -0.15) is 15.3 Å². The molecule has 0 spiro atoms. The van der Waals surface area contributed by atoms with Crippen LogP contribution in [-0.2, 0) is 69.4 Å². The van der Waals surface area contributed by atoms with Crippen molar-refractivity contribution < 1.29 is 68.4 Å². The molecule has 6 aromatic carbocycles. The maximum absolute atomic E-state index is 13.6. The average molecular weight is 1710 g/mol. The molecule has 0 radical (unpaired) electrons. The fourth-order valence-corrected chi connectivity index (χ4v) is 15.8. The molecule has 4 fully saturated rings. The fraction of sp³-hybridized carbons (Fsp3) is 0.326. The molecule has 4 aliphatic rings. The molecule has 2 atom stereocenters. The molecule has 34 nitrogen and oxygen atoms in total. The third-order valence-corrected chi connectivity index (χ3v) is 22.3. The Bertz CT molecular complexity index is 5990. The number of H-pyrrole nitrogens is 1. The second kappa shape index (κ2) is 33.3. The van der Waals surface area contributed by atoms with Crippen LogP contribution in [0, 0.1) is 16.2 Å². The predicted octanol–water partition coefficient (Wildman–Crippen LogP) is 11.7. The summed E-state index contributed by atoms with van der Waals surface area (Å²) in [6.07, 6.45) is 3.05. The third-order valence-electron chi connectivity index (χ3n) is 22.1. The number of likely N-dealkylation sites (tertiary alicyclic amines) is 1. The van der Waals surface area contributed by atoms with Crippen molar-refractivity contribution in [1.29, 1.82) is 0 Å². The first-order valence-electron chi connectivity index (χ1n) is 39.8. The number of hydrogen-bond donors (Lipinski definition) is 12. The lowest BCUT2D eigenvalue weighted by Crippen LogP contribution is -2.63. The number of anilines is 6. The number of aromatic amines is 1. The molecular weight excluding hydrogens is 1610 g/mol. The summed E-state index contributed by atoms with van der Waals surface area (Å²) in [5, 5.41) is 79.6. The van der Waals surface area contributed by atoms with Crippen LogP contribution in [0.5, 0.6) is 0 Å². The van der Waals surface area contributed by atoms with Gasteiger partial charge < -0.3 is 41.4 Å². The number of carbonyl (C=O) groups excluding carboxylic acids is 10. The molecule has 2 bridgehead atoms. The summed E-state index contributed by atoms with van der Waals surface area (Å²) < 4.78 is 4.89. The van der Waals surface area contributed by atoms with E-state index in [-0.39, 0.29) is 53.6 Å². The van der Waals surface area contributed by atoms with Crippen molar-refractivity contribution in [3.63, 3.8) is 0 Å². The molecule has 5 aromatic heterocycles. The number of likely N-dealkylation sites (N-methyl/N-ethyl adjacent to an activating group) is 2. The Hall–Kier alpha value is -13.7. The molecule has 2 unspecified atom stereocenters. The predicted molar refractivity (Wildman–Crippen MR) is 465 cm³/mol. The number of pyridine rings is 1. The third kappa shape index (κ3) is 18.4. The minimum atomic E-state index is -3.07. The van der Waals surface area contributed by atoms with Crippen molar-refractivity contribution in [3.05, 3.63) is 221 Å². The van der Waals surface area contributed by atoms with Crippen molar-refractivity contribution in [3.8, 4) is 17.1 Å². The molecule has 12 N–H and O–H groups in total. The van der Waals surface area contributed by atoms with Crippen LogP contribution in [0.4, 0.5) is 49.0 Å². The summed E-state index contributed by atoms with van der Waals surface area (Å²) in [7, 11) is 4.12. The summed E-state index contributed by atoms with van der Waals surface area (Å²) in [5.74, 6) is -9.43. The number of para-hydroxylation sites is 1. The number of rotatable bonds is 16. The van der Waals surface area contributed by atoms with Gasteiger partial charge in [-0.1, -0.05) is 149 Å². The van der Waals surface area contributed by atoms with E-state index in [1.54, 1.807) is 99.0 Å². The number of imide groups is 1. The van der Waals surface area contributed by atoms with Crippen LogP contribution in [0.15, 0.2) is 182 Å². The van der Waals surface area contributed by atoms with Gasteiger partial charge in [0.25, 0.3) is 0 Å². The zero-order valence-electron chi connectivity index (χ0n) is 71.2. The number of hydrogen-bond acceptors (Lipinski definition) is 18. The highest BCUT2D eigenvalue weighted by Crippen LogP contribution is 2.58. The van der Waals surface area contributed by atoms with Crippen molar-refractivity contribution in [2.75, 3.05) is 53.0 Å². The van der Waals surface area contributed by atoms with E-state index < -0.39 is 69.5 Å². The zero-order chi connectivity index (χ0) is 89.9. The van der Waals surface area contributed by atoms with Gasteiger partial charge >= 0.3 is 53.3 Å². The largest absolute Gasteiger partial charge is 0.361 e. The van der Waals surface area contributed by atoms with Gasteiger partial charge in [0.15, 0.2) is 0 Å². The van der Waals surface area contributed by atoms with E-state index >= 15 is 0 Å². The van der Waals surface area contributed by atoms with Crippen molar-refractivity contribution in [2.24, 2.45) is 16.2 Å². The smallest absolute Gasteiger partial charge is 0.330 e. The van der Waals surface area contributed by atoms with E-state index in [9.17, 15) is 68.4 Å². The number of nitrogens with zero attached hydrogens (tertiary/aromatic N) is 12. The molecule has 35 heteroatoms. The SMILES string of the molecule is CN1C(=O)C(O)(O)C(=O)N1Cc1ccc(-n2nc(C(C)(C)C)cc2NC(=O)Nc2ccc3[nH]ccc3c2)cc1.CN1C(=O)C(O)(O)C(=O)N1Cc1ccc(-n2nc(C(C)(C)C)cc2NC(=O)Nc2ccc3ccccc3n2)cc1.CN1C(=O)C2(C)CC(C)(C(=O)NCc3ccc(-n4nc(C(C)(C)C)cc4NC(=O)Nc4ccc(Cl)cc4)cc3)CC(C)(C2)C1=O. The molecule has 8 heterocycles. The van der Waals surface area contributed by atoms with Crippen LogP contribution in [0.3, 0.4) is 0 Å². The number of piperidine rings is 1. The lowest BCUT2D eigenvalue weighted by molar-refractivity contribution is -0.186. The van der Waals surface area contributed by atoms with E-state index in [1.165, 1.54) is 26.0 Å². The Morgan fingerprint density at radius 1 is 0.444 bits per heavy atom. The van der Waals surface area contributed by atoms with E-state index in [0.717, 1.165) is 70.2 Å². The molecule has 3 saturated heterocycles. The molecule has 646 valence electrons. The fourth-order valence-electron chi connectivity index (χ4n) is 15.7. The Labute approximate surface area is 718 Å². The Kier molecular flexibility index (Phi) is 23.7. The summed E-state index contributed by atoms with van der Waals surface area (Å²) in [6.45, 7) is 24.0. The van der Waals surface area contributed by atoms with Crippen molar-refractivity contribution in [1.82, 2.24) is 69.6 Å². The Morgan fingerprint density at radius 3 is 1.28 bits per heavy atom. The number of benzene rings is 6. The first-order chi connectivity index (χ1) is 58.1. The van der Waals surface area contributed by atoms with Gasteiger partial charge in [0, 0.05) is 117 Å². The number of fused-ring (bicyclic) bond motifs is 4. The van der Waals surface area contributed by atoms with Crippen LogP contribution in [0.25, 0.3) is 38.9 Å². The summed E-state index contributed by atoms with van der Waals surface area (Å²) in [5.41, 5.74) is 6.20. The van der Waals surface area contributed by atoms with E-state index in [4.69, 9.17) is 26.9 Å². The molecular formula is C89H99ClN20O14. The van der Waals surface area contributed by atoms with Crippen molar-refractivity contribution >= 4 is 127 Å². The van der Waals surface area contributed by atoms with Crippen LogP contribution >= 0.6 is 11.6 Å². The van der Waals surface area contributed by atoms with Gasteiger partial charge in [0.05, 0.1) is 52.8 Å². The molecule has 13 amide bonds. The van der Waals surface area contributed by atoms with Crippen LogP contribution < -0.4 is 37.2 Å². The lowest BCUT2D eigenvalue weighted by atomic mass is 9.51. The zero-order valence-corrected chi connectivity index (χ0v) is 71.9. The summed E-state index contributed by atoms with van der Waals surface area (Å²) in [4.78, 5) is 136. The van der Waals surface area contributed by atoms with Crippen LogP contribution in [0.1, 0.15) is 136 Å². The molecule has 124 heavy (non-hydrogen) atoms. The van der Waals surface area contributed by atoms with Crippen molar-refractivity contribution in [2.45, 2.75) is 150 Å². The van der Waals surface area contributed by atoms with Gasteiger partial charge in [-0.3, -0.25) is 59.7 Å². The number of urea groups is 3. The second-order valence-corrected chi connectivity index (χ2v) is 35.9. The summed E-state index contributed by atoms with van der Waals surface area (Å²) >= 11 is 5.96. The van der Waals surface area contributed by atoms with Gasteiger partial charge in [-0.15, -0.1) is 0 Å². The Balaban J connectivity index is 0.000000160. The van der Waals surface area contributed by atoms with Gasteiger partial charge in [-0.25, -0.2) is 53.4 Å². The van der Waals surface area contributed by atoms with Gasteiger partial charge in [0.2, 0.25) is 17.7 Å². The number of amides is 13. The Morgan fingerprint density at radius 2 is 0.855 bits per heavy atom. The second-order valence-electron chi connectivity index (χ2n) is 35.4. The molecule has 11 aromatic rings. The highest BCUT2D eigenvalue weighted by Gasteiger charge is 2.63. The number of carbonyl (C=O) groups is 10. The van der Waals surface area contributed by atoms with E-state index in [2.05, 4.69) is 47.2 Å². The normalized spacial score (nSPS) is 18.7. The highest BCUT2D eigenvalue weighted by molar-refractivity contribution is 6.30. The number of aliphatic hydroxyl groups is 4. The molecule has 3 aliphatic heterocycles. The first-order valence-corrected chi connectivity index (χ1v) is 40.2. The maximum atomic E-state index is 13.6. The topological polar surface area (TPSA) is 434 Å². The lowest BCUT2D eigenvalue weighted by Gasteiger charge is -2.55. The first kappa shape index (κ1) is 88.1. The monoisotopic (exact) mass is 1710 g/mol. The minimum absolute atomic E-state index is 0.0461. The number of nitrogens with one attached hydrogen (secondary N) is 8. The van der Waals surface area contributed by atoms with Gasteiger partial charge in [0.1, 0.15) is 23.3 Å². The van der Waals surface area contributed by atoms with Gasteiger partial charge in [-0.05, 0) is 139 Å². The molecule has 15 rings (SSSR count). The van der Waals surface area contributed by atoms with E-state index in [0.29, 0.717) is 81.4 Å². The number of aromatic nitrogens is 8. The number of hydrazine groups is 2.